The first-order valence-electron chi connectivity index (χ1n) is 13.0. The molecule has 0 bridgehead atoms. The second-order valence-corrected chi connectivity index (χ2v) is 11.5. The fraction of sp³-hybridized carbons (Fsp3) is 0.846. The third-order valence-electron chi connectivity index (χ3n) is 9.92. The Bertz CT molecular complexity index is 866. The molecule has 1 aromatic rings. The minimum absolute atomic E-state index is 0.0922. The Hall–Kier alpha value is -1.72. The van der Waals surface area contributed by atoms with Gasteiger partial charge < -0.3 is 4.74 Å². The maximum absolute atomic E-state index is 13.4. The van der Waals surface area contributed by atoms with Crippen LogP contribution >= 0.6 is 0 Å². The fourth-order valence-corrected chi connectivity index (χ4v) is 8.54. The molecule has 0 aromatic carbocycles. The second kappa shape index (κ2) is 8.57. The van der Waals surface area contributed by atoms with Crippen LogP contribution in [-0.4, -0.2) is 33.4 Å². The number of hydrogen-bond donors (Lipinski definition) is 0. The van der Waals surface area contributed by atoms with Crippen molar-refractivity contribution in [1.29, 1.82) is 0 Å². The number of carbonyl (C=O) groups excluding carboxylic acids is 2. The van der Waals surface area contributed by atoms with Crippen LogP contribution in [0.4, 0.5) is 0 Å². The number of aromatic nitrogens is 3. The number of Topliss-reactive ketones (excluding diaryl/α,β-unsaturated/α-hetero) is 1. The molecule has 0 spiro atoms. The van der Waals surface area contributed by atoms with Crippen molar-refractivity contribution in [3.63, 3.8) is 0 Å². The second-order valence-electron chi connectivity index (χ2n) is 11.5. The summed E-state index contributed by atoms with van der Waals surface area (Å²) < 4.78 is 4.99. The molecule has 5 rings (SSSR count). The number of rotatable bonds is 5. The van der Waals surface area contributed by atoms with Crippen LogP contribution in [0.2, 0.25) is 0 Å². The van der Waals surface area contributed by atoms with Crippen molar-refractivity contribution >= 4 is 11.8 Å². The molecule has 176 valence electrons. The van der Waals surface area contributed by atoms with Gasteiger partial charge in [0.2, 0.25) is 0 Å². The lowest BCUT2D eigenvalue weighted by Crippen LogP contribution is -2.49. The standard InChI is InChI=1S/C26H39N3O3/c1-4-32-25(31)23-14-27-29(28-23)15-24(30)22-10-9-21-20-8-6-17-13-16(2)5-7-18(17)19(20)11-12-26(21,22)3/h14,16-22H,4-13,15H2,1-3H3. The minimum atomic E-state index is -0.481. The van der Waals surface area contributed by atoms with Gasteiger partial charge in [-0.1, -0.05) is 20.3 Å². The number of hydrogen-bond acceptors (Lipinski definition) is 5. The highest BCUT2D eigenvalue weighted by atomic mass is 16.5. The summed E-state index contributed by atoms with van der Waals surface area (Å²) in [5, 5.41) is 8.35. The molecule has 0 N–H and O–H groups in total. The zero-order valence-corrected chi connectivity index (χ0v) is 20.0. The van der Waals surface area contributed by atoms with Gasteiger partial charge >= 0.3 is 5.97 Å². The lowest BCUT2D eigenvalue weighted by atomic mass is 9.49. The first-order valence-corrected chi connectivity index (χ1v) is 13.0. The van der Waals surface area contributed by atoms with E-state index in [2.05, 4.69) is 24.0 Å². The predicted octanol–water partition coefficient (Wildman–Crippen LogP) is 4.93. The normalized spacial score (nSPS) is 40.8. The van der Waals surface area contributed by atoms with Gasteiger partial charge in [-0.05, 0) is 99.2 Å². The van der Waals surface area contributed by atoms with Gasteiger partial charge in [0.25, 0.3) is 0 Å². The topological polar surface area (TPSA) is 74.1 Å². The SMILES string of the molecule is CCOC(=O)c1cnn(CC(=O)C2CCC3C4CCC5CC(C)CCC5C4CCC23C)n1. The molecule has 32 heavy (non-hydrogen) atoms. The Morgan fingerprint density at radius 1 is 1.09 bits per heavy atom. The monoisotopic (exact) mass is 441 g/mol. The Morgan fingerprint density at radius 2 is 1.91 bits per heavy atom. The molecule has 4 aliphatic carbocycles. The summed E-state index contributed by atoms with van der Waals surface area (Å²) in [5.41, 5.74) is 0.290. The van der Waals surface area contributed by atoms with E-state index < -0.39 is 5.97 Å². The lowest BCUT2D eigenvalue weighted by molar-refractivity contribution is -0.131. The van der Waals surface area contributed by atoms with Crippen LogP contribution in [0.15, 0.2) is 6.20 Å². The molecule has 4 aliphatic rings. The first kappa shape index (κ1) is 22.1. The van der Waals surface area contributed by atoms with Crippen LogP contribution in [0.25, 0.3) is 0 Å². The van der Waals surface area contributed by atoms with E-state index in [1.807, 2.05) is 0 Å². The van der Waals surface area contributed by atoms with Gasteiger partial charge in [-0.3, -0.25) is 4.79 Å². The maximum atomic E-state index is 13.4. The number of ether oxygens (including phenoxy) is 1. The molecule has 6 nitrogen and oxygen atoms in total. The minimum Gasteiger partial charge on any atom is -0.461 e. The molecule has 0 radical (unpaired) electrons. The van der Waals surface area contributed by atoms with Gasteiger partial charge in [0, 0.05) is 5.92 Å². The van der Waals surface area contributed by atoms with E-state index >= 15 is 0 Å². The molecule has 0 aliphatic heterocycles. The van der Waals surface area contributed by atoms with Gasteiger partial charge in [0.15, 0.2) is 11.5 Å². The van der Waals surface area contributed by atoms with Gasteiger partial charge in [0.05, 0.1) is 12.8 Å². The average Bonchev–Trinajstić information content (AvgIpc) is 3.37. The molecule has 1 aromatic heterocycles. The third-order valence-corrected chi connectivity index (χ3v) is 9.92. The van der Waals surface area contributed by atoms with Gasteiger partial charge in [-0.15, -0.1) is 5.10 Å². The van der Waals surface area contributed by atoms with E-state index in [4.69, 9.17) is 4.74 Å². The zero-order chi connectivity index (χ0) is 22.5. The predicted molar refractivity (Wildman–Crippen MR) is 121 cm³/mol. The molecule has 1 heterocycles. The van der Waals surface area contributed by atoms with E-state index in [9.17, 15) is 9.59 Å². The summed E-state index contributed by atoms with van der Waals surface area (Å²) in [7, 11) is 0. The number of nitrogens with zero attached hydrogens (tertiary/aromatic N) is 3. The summed E-state index contributed by atoms with van der Waals surface area (Å²) in [6.45, 7) is 7.06. The van der Waals surface area contributed by atoms with E-state index in [0.717, 1.165) is 36.0 Å². The van der Waals surface area contributed by atoms with Crippen LogP contribution in [0.3, 0.4) is 0 Å². The number of fused-ring (bicyclic) bond motifs is 5. The Kier molecular flexibility index (Phi) is 5.91. The summed E-state index contributed by atoms with van der Waals surface area (Å²) in [6.07, 6.45) is 13.2. The number of esters is 1. The van der Waals surface area contributed by atoms with Crippen molar-refractivity contribution in [2.24, 2.45) is 46.8 Å². The van der Waals surface area contributed by atoms with E-state index in [1.54, 1.807) is 6.92 Å². The van der Waals surface area contributed by atoms with Crippen molar-refractivity contribution in [2.45, 2.75) is 85.1 Å². The maximum Gasteiger partial charge on any atom is 0.360 e. The summed E-state index contributed by atoms with van der Waals surface area (Å²) >= 11 is 0. The lowest BCUT2D eigenvalue weighted by Gasteiger charge is -2.56. The Balaban J connectivity index is 1.27. The molecule has 4 fully saturated rings. The van der Waals surface area contributed by atoms with Crippen LogP contribution in [0.1, 0.15) is 89.0 Å². The quantitative estimate of drug-likeness (QED) is 0.606. The molecule has 8 unspecified atom stereocenters. The third kappa shape index (κ3) is 3.71. The largest absolute Gasteiger partial charge is 0.461 e. The van der Waals surface area contributed by atoms with Gasteiger partial charge in [-0.25, -0.2) is 4.79 Å². The summed E-state index contributed by atoms with van der Waals surface area (Å²) in [6, 6.07) is 0. The Morgan fingerprint density at radius 3 is 2.72 bits per heavy atom. The van der Waals surface area contributed by atoms with Crippen LogP contribution in [0.5, 0.6) is 0 Å². The van der Waals surface area contributed by atoms with Crippen molar-refractivity contribution in [3.05, 3.63) is 11.9 Å². The molecule has 6 heteroatoms. The van der Waals surface area contributed by atoms with Gasteiger partial charge in [0.1, 0.15) is 6.54 Å². The summed E-state index contributed by atoms with van der Waals surface area (Å²) in [5.74, 6) is 5.07. The average molecular weight is 442 g/mol. The molecular weight excluding hydrogens is 402 g/mol. The van der Waals surface area contributed by atoms with Crippen molar-refractivity contribution in [3.8, 4) is 0 Å². The first-order chi connectivity index (χ1) is 15.4. The zero-order valence-electron chi connectivity index (χ0n) is 20.0. The van der Waals surface area contributed by atoms with E-state index in [-0.39, 0.29) is 29.4 Å². The van der Waals surface area contributed by atoms with Crippen LogP contribution in [0, 0.1) is 46.8 Å². The van der Waals surface area contributed by atoms with Crippen LogP contribution in [-0.2, 0) is 16.1 Å². The highest BCUT2D eigenvalue weighted by Crippen LogP contribution is 2.64. The van der Waals surface area contributed by atoms with Crippen molar-refractivity contribution < 1.29 is 14.3 Å². The molecule has 0 amide bonds. The van der Waals surface area contributed by atoms with Crippen molar-refractivity contribution in [2.75, 3.05) is 6.61 Å². The molecular formula is C26H39N3O3. The number of ketones is 1. The fourth-order valence-electron chi connectivity index (χ4n) is 8.54. The van der Waals surface area contributed by atoms with Crippen molar-refractivity contribution in [1.82, 2.24) is 15.0 Å². The van der Waals surface area contributed by atoms with Crippen LogP contribution < -0.4 is 0 Å². The van der Waals surface area contributed by atoms with E-state index in [0.29, 0.717) is 12.5 Å². The summed E-state index contributed by atoms with van der Waals surface area (Å²) in [4.78, 5) is 26.6. The Labute approximate surface area is 191 Å². The van der Waals surface area contributed by atoms with Gasteiger partial charge in [-0.2, -0.15) is 9.90 Å². The number of carbonyl (C=O) groups is 2. The van der Waals surface area contributed by atoms with E-state index in [1.165, 1.54) is 62.4 Å². The highest BCUT2D eigenvalue weighted by molar-refractivity contribution is 5.86. The smallest absolute Gasteiger partial charge is 0.360 e. The molecule has 8 atom stereocenters. The molecule has 0 saturated heterocycles. The molecule has 4 saturated carbocycles. The highest BCUT2D eigenvalue weighted by Gasteiger charge is 2.58.